The third-order valence-electron chi connectivity index (χ3n) is 5.58. The van der Waals surface area contributed by atoms with Crippen molar-refractivity contribution in [3.8, 4) is 22.8 Å². The lowest BCUT2D eigenvalue weighted by atomic mass is 10.1. The van der Waals surface area contributed by atoms with Crippen LogP contribution in [0, 0.1) is 6.92 Å². The monoisotopic (exact) mass is 558 g/mol. The number of pyridine rings is 1. The number of hydrogen-bond acceptors (Lipinski definition) is 9. The lowest BCUT2D eigenvalue weighted by Gasteiger charge is -2.10. The summed E-state index contributed by atoms with van der Waals surface area (Å²) in [4.78, 5) is 17.1. The number of aryl methyl sites for hydroxylation is 1. The molecule has 204 valence electrons. The largest absolute Gasteiger partial charge is 0.482 e. The van der Waals surface area contributed by atoms with E-state index in [4.69, 9.17) is 14.2 Å². The number of esters is 1. The minimum atomic E-state index is -3.39. The Kier molecular flexibility index (Phi) is 11.4. The number of rotatable bonds is 15. The van der Waals surface area contributed by atoms with Crippen LogP contribution in [0.5, 0.6) is 11.6 Å². The molecule has 0 fully saturated rings. The summed E-state index contributed by atoms with van der Waals surface area (Å²) in [6, 6.07) is 16.4. The van der Waals surface area contributed by atoms with Crippen LogP contribution in [0.25, 0.3) is 11.1 Å². The van der Waals surface area contributed by atoms with Gasteiger partial charge in [-0.3, -0.25) is 0 Å². The van der Waals surface area contributed by atoms with Crippen molar-refractivity contribution in [2.45, 2.75) is 30.1 Å². The first-order chi connectivity index (χ1) is 18.3. The van der Waals surface area contributed by atoms with Crippen LogP contribution >= 0.6 is 11.8 Å². The van der Waals surface area contributed by atoms with Gasteiger partial charge in [0.1, 0.15) is 5.75 Å². The van der Waals surface area contributed by atoms with Crippen molar-refractivity contribution >= 4 is 27.6 Å². The van der Waals surface area contributed by atoms with E-state index in [0.29, 0.717) is 36.1 Å². The van der Waals surface area contributed by atoms with Gasteiger partial charge in [0.05, 0.1) is 24.4 Å². The zero-order chi connectivity index (χ0) is 27.4. The van der Waals surface area contributed by atoms with Crippen molar-refractivity contribution in [3.05, 3.63) is 66.4 Å². The first-order valence-corrected chi connectivity index (χ1v) is 15.0. The molecular weight excluding hydrogens is 524 g/mol. The van der Waals surface area contributed by atoms with Gasteiger partial charge in [-0.25, -0.2) is 18.2 Å². The van der Waals surface area contributed by atoms with Gasteiger partial charge in [0.15, 0.2) is 16.4 Å². The van der Waals surface area contributed by atoms with E-state index in [2.05, 4.69) is 10.3 Å². The van der Waals surface area contributed by atoms with Gasteiger partial charge in [-0.1, -0.05) is 12.1 Å². The highest BCUT2D eigenvalue weighted by Crippen LogP contribution is 2.26. The molecular formula is C28H34N2O6S2. The molecule has 10 heteroatoms. The number of carbonyl (C=O) groups excluding carboxylic acids is 1. The summed E-state index contributed by atoms with van der Waals surface area (Å²) in [6.07, 6.45) is 2.19. The van der Waals surface area contributed by atoms with Crippen LogP contribution < -0.4 is 14.8 Å². The Morgan fingerprint density at radius 1 is 1.05 bits per heavy atom. The number of carbonyl (C=O) groups is 1. The molecule has 0 aliphatic heterocycles. The molecule has 3 aromatic rings. The van der Waals surface area contributed by atoms with Crippen LogP contribution in [-0.2, 0) is 19.4 Å². The second-order valence-corrected chi connectivity index (χ2v) is 11.7. The van der Waals surface area contributed by atoms with E-state index < -0.39 is 9.84 Å². The highest BCUT2D eigenvalue weighted by atomic mass is 32.2. The van der Waals surface area contributed by atoms with Crippen molar-refractivity contribution in [2.75, 3.05) is 44.9 Å². The fraction of sp³-hybridized carbons (Fsp3) is 0.357. The molecule has 0 aliphatic carbocycles. The molecule has 0 bridgehead atoms. The van der Waals surface area contributed by atoms with Crippen LogP contribution in [0.4, 0.5) is 0 Å². The van der Waals surface area contributed by atoms with Crippen molar-refractivity contribution in [3.63, 3.8) is 0 Å². The SMILES string of the molecule is CCOC(=O)COc1ccc(SCCNCCCS(=O)(=O)c2cccc(-c3ccc(OC)nc3)c2)cc1C. The van der Waals surface area contributed by atoms with E-state index in [9.17, 15) is 13.2 Å². The van der Waals surface area contributed by atoms with Crippen LogP contribution in [0.1, 0.15) is 18.9 Å². The molecule has 0 saturated heterocycles. The Hall–Kier alpha value is -3.08. The molecule has 0 saturated carbocycles. The molecule has 1 heterocycles. The first kappa shape index (κ1) is 29.5. The van der Waals surface area contributed by atoms with Crippen LogP contribution in [-0.4, -0.2) is 64.3 Å². The molecule has 1 aromatic heterocycles. The lowest BCUT2D eigenvalue weighted by molar-refractivity contribution is -0.145. The summed E-state index contributed by atoms with van der Waals surface area (Å²) in [5, 5.41) is 3.32. The lowest BCUT2D eigenvalue weighted by Crippen LogP contribution is -2.21. The maximum absolute atomic E-state index is 12.9. The fourth-order valence-electron chi connectivity index (χ4n) is 3.62. The van der Waals surface area contributed by atoms with Crippen LogP contribution in [0.15, 0.2) is 70.6 Å². The van der Waals surface area contributed by atoms with Gasteiger partial charge in [-0.2, -0.15) is 0 Å². The van der Waals surface area contributed by atoms with Gasteiger partial charge >= 0.3 is 5.97 Å². The molecule has 0 spiro atoms. The maximum Gasteiger partial charge on any atom is 0.344 e. The van der Waals surface area contributed by atoms with Gasteiger partial charge in [0.25, 0.3) is 0 Å². The smallest absolute Gasteiger partial charge is 0.344 e. The Bertz CT molecular complexity index is 1300. The van der Waals surface area contributed by atoms with Crippen molar-refractivity contribution in [1.82, 2.24) is 10.3 Å². The standard InChI is InChI=1S/C28H34N2O6S2/c1-4-35-28(31)20-36-26-11-10-24(17-21(26)2)37-15-14-29-13-6-16-38(32,33)25-8-5-7-22(18-25)23-9-12-27(34-3)30-19-23/h5,7-12,17-19,29H,4,6,13-16,20H2,1-3H3. The third kappa shape index (κ3) is 9.04. The zero-order valence-corrected chi connectivity index (χ0v) is 23.6. The summed E-state index contributed by atoms with van der Waals surface area (Å²) in [5.74, 6) is 1.70. The molecule has 0 amide bonds. The minimum absolute atomic E-state index is 0.0733. The fourth-order valence-corrected chi connectivity index (χ4v) is 5.88. The number of thioether (sulfide) groups is 1. The predicted molar refractivity (Wildman–Crippen MR) is 150 cm³/mol. The second kappa shape index (κ2) is 14.8. The van der Waals surface area contributed by atoms with Gasteiger partial charge in [0.2, 0.25) is 5.88 Å². The Labute approximate surface area is 229 Å². The Morgan fingerprint density at radius 2 is 1.89 bits per heavy atom. The van der Waals surface area contributed by atoms with E-state index >= 15 is 0 Å². The van der Waals surface area contributed by atoms with Crippen molar-refractivity contribution in [1.29, 1.82) is 0 Å². The van der Waals surface area contributed by atoms with Crippen LogP contribution in [0.2, 0.25) is 0 Å². The molecule has 1 N–H and O–H groups in total. The molecule has 0 atom stereocenters. The second-order valence-electron chi connectivity index (χ2n) is 8.41. The predicted octanol–water partition coefficient (Wildman–Crippen LogP) is 4.55. The highest BCUT2D eigenvalue weighted by Gasteiger charge is 2.15. The molecule has 0 aliphatic rings. The van der Waals surface area contributed by atoms with Crippen molar-refractivity contribution in [2.24, 2.45) is 0 Å². The number of hydrogen-bond donors (Lipinski definition) is 1. The summed E-state index contributed by atoms with van der Waals surface area (Å²) in [5.41, 5.74) is 2.58. The topological polar surface area (TPSA) is 104 Å². The van der Waals surface area contributed by atoms with Gasteiger partial charge < -0.3 is 19.5 Å². The van der Waals surface area contributed by atoms with E-state index in [1.807, 2.05) is 37.3 Å². The third-order valence-corrected chi connectivity index (χ3v) is 8.38. The summed E-state index contributed by atoms with van der Waals surface area (Å²) >= 11 is 1.70. The number of nitrogens with one attached hydrogen (secondary N) is 1. The average molecular weight is 559 g/mol. The quantitative estimate of drug-likeness (QED) is 0.163. The molecule has 38 heavy (non-hydrogen) atoms. The van der Waals surface area contributed by atoms with Crippen molar-refractivity contribution < 1.29 is 27.4 Å². The number of ether oxygens (including phenoxy) is 3. The van der Waals surface area contributed by atoms with E-state index in [1.54, 1.807) is 56.3 Å². The van der Waals surface area contributed by atoms with E-state index in [1.165, 1.54) is 0 Å². The summed E-state index contributed by atoms with van der Waals surface area (Å²) < 4.78 is 41.2. The first-order valence-electron chi connectivity index (χ1n) is 12.4. The molecule has 0 unspecified atom stereocenters. The maximum atomic E-state index is 12.9. The average Bonchev–Trinajstić information content (AvgIpc) is 2.92. The summed E-state index contributed by atoms with van der Waals surface area (Å²) in [7, 11) is -1.84. The van der Waals surface area contributed by atoms with Crippen LogP contribution in [0.3, 0.4) is 0 Å². The summed E-state index contributed by atoms with van der Waals surface area (Å²) in [6.45, 7) is 5.29. The minimum Gasteiger partial charge on any atom is -0.482 e. The van der Waals surface area contributed by atoms with E-state index in [-0.39, 0.29) is 18.3 Å². The number of nitrogens with zero attached hydrogens (tertiary/aromatic N) is 1. The van der Waals surface area contributed by atoms with E-state index in [0.717, 1.165) is 33.9 Å². The Morgan fingerprint density at radius 3 is 2.61 bits per heavy atom. The number of sulfone groups is 1. The zero-order valence-electron chi connectivity index (χ0n) is 21.9. The van der Waals surface area contributed by atoms with Gasteiger partial charge in [-0.05, 0) is 74.3 Å². The molecule has 8 nitrogen and oxygen atoms in total. The molecule has 3 rings (SSSR count). The van der Waals surface area contributed by atoms with Gasteiger partial charge in [-0.15, -0.1) is 11.8 Å². The molecule has 2 aromatic carbocycles. The number of methoxy groups -OCH3 is 1. The number of benzene rings is 2. The molecule has 0 radical (unpaired) electrons. The number of aromatic nitrogens is 1. The Balaban J connectivity index is 1.39. The highest BCUT2D eigenvalue weighted by molar-refractivity contribution is 7.99. The normalized spacial score (nSPS) is 11.2. The van der Waals surface area contributed by atoms with Gasteiger partial charge in [0, 0.05) is 35.0 Å².